The number of unbranched alkanes of at least 4 members (excludes halogenated alkanes) is 17. The summed E-state index contributed by atoms with van der Waals surface area (Å²) < 4.78 is 26.3. The average molecular weight is 757 g/mol. The van der Waals surface area contributed by atoms with Crippen molar-refractivity contribution >= 4 is 19.8 Å². The van der Waals surface area contributed by atoms with Crippen LogP contribution < -0.4 is 0 Å². The lowest BCUT2D eigenvalue weighted by molar-refractivity contribution is -0.161. The fourth-order valence-electron chi connectivity index (χ4n) is 5.83. The summed E-state index contributed by atoms with van der Waals surface area (Å²) >= 11 is 0. The molecule has 0 aromatic rings. The van der Waals surface area contributed by atoms with E-state index in [2.05, 4.69) is 37.4 Å². The zero-order valence-electron chi connectivity index (χ0n) is 33.2. The predicted molar refractivity (Wildman–Crippen MR) is 213 cm³/mol. The fourth-order valence-corrected chi connectivity index (χ4v) is 6.19. The van der Waals surface area contributed by atoms with Crippen molar-refractivity contribution in [1.29, 1.82) is 0 Å². The molecular weight excluding hydrogens is 679 g/mol. The zero-order chi connectivity index (χ0) is 38.5. The predicted octanol–water partition coefficient (Wildman–Crippen LogP) is 11.4. The summed E-state index contributed by atoms with van der Waals surface area (Å²) in [6.45, 7) is 5.85. The van der Waals surface area contributed by atoms with E-state index in [1.165, 1.54) is 77.0 Å². The molecule has 0 aliphatic rings. The van der Waals surface area contributed by atoms with E-state index in [9.17, 15) is 19.3 Å². The number of phosphoric ester groups is 1. The third-order valence-electron chi connectivity index (χ3n) is 9.32. The maximum Gasteiger partial charge on any atom is 0.469 e. The van der Waals surface area contributed by atoms with Gasteiger partial charge in [0.15, 0.2) is 6.10 Å². The van der Waals surface area contributed by atoms with Gasteiger partial charge in [0, 0.05) is 12.8 Å². The molecule has 0 aromatic carbocycles. The summed E-state index contributed by atoms with van der Waals surface area (Å²) in [4.78, 5) is 42.8. The van der Waals surface area contributed by atoms with Crippen LogP contribution in [-0.4, -0.2) is 52.3 Å². The van der Waals surface area contributed by atoms with Crippen molar-refractivity contribution in [2.24, 2.45) is 5.92 Å². The van der Waals surface area contributed by atoms with E-state index in [0.29, 0.717) is 19.3 Å². The van der Waals surface area contributed by atoms with Gasteiger partial charge in [0.2, 0.25) is 0 Å². The Morgan fingerprint density at radius 1 is 0.635 bits per heavy atom. The lowest BCUT2D eigenvalue weighted by Crippen LogP contribution is -2.29. The van der Waals surface area contributed by atoms with Crippen LogP contribution in [0.3, 0.4) is 0 Å². The third-order valence-corrected chi connectivity index (χ3v) is 9.80. The molecular formula is C42H77O9P. The van der Waals surface area contributed by atoms with Gasteiger partial charge in [0.25, 0.3) is 0 Å². The molecule has 0 amide bonds. The Hall–Kier alpha value is -1.77. The van der Waals surface area contributed by atoms with Gasteiger partial charge in [0.1, 0.15) is 6.61 Å². The van der Waals surface area contributed by atoms with Crippen LogP contribution in [0.5, 0.6) is 0 Å². The summed E-state index contributed by atoms with van der Waals surface area (Å²) in [7, 11) is -4.77. The SMILES string of the molecule is CC/C=C/C/C=C/C=C/C(O)CCCCCCCC(=O)OC[C@H](COP(=O)(O)O)OC(=O)CCCCCCCCCCCCCCCCC(C)CC. The quantitative estimate of drug-likeness (QED) is 0.0186. The standard InChI is InChI=1S/C42H77O9P/c1-4-6-7-8-17-22-27-32-39(43)33-28-23-20-25-29-34-41(44)49-36-40(37-50-52(46,47)48)51-42(45)35-30-24-19-16-14-12-10-9-11-13-15-18-21-26-31-38(3)5-2/h6-7,17,22,27,32,38-40,43H,4-5,8-16,18-21,23-26,28-31,33-37H2,1-3H3,(H2,46,47,48)/b7-6+,22-17+,32-27+/t38?,39?,40-/m1/s1. The number of allylic oxidation sites excluding steroid dienone is 5. The van der Waals surface area contributed by atoms with Crippen molar-refractivity contribution in [2.45, 2.75) is 200 Å². The Morgan fingerprint density at radius 3 is 1.65 bits per heavy atom. The molecule has 9 nitrogen and oxygen atoms in total. The number of ether oxygens (including phenoxy) is 2. The van der Waals surface area contributed by atoms with Crippen LogP contribution in [0.2, 0.25) is 0 Å². The minimum absolute atomic E-state index is 0.194. The van der Waals surface area contributed by atoms with Crippen LogP contribution in [0.1, 0.15) is 188 Å². The lowest BCUT2D eigenvalue weighted by atomic mass is 9.99. The van der Waals surface area contributed by atoms with Gasteiger partial charge in [0.05, 0.1) is 12.7 Å². The molecule has 0 fully saturated rings. The molecule has 52 heavy (non-hydrogen) atoms. The van der Waals surface area contributed by atoms with E-state index in [4.69, 9.17) is 19.3 Å². The molecule has 0 aliphatic heterocycles. The highest BCUT2D eigenvalue weighted by atomic mass is 31.2. The number of esters is 2. The Kier molecular flexibility index (Phi) is 35.0. The number of carbonyl (C=O) groups excluding carboxylic acids is 2. The molecule has 0 saturated heterocycles. The largest absolute Gasteiger partial charge is 0.469 e. The van der Waals surface area contributed by atoms with Crippen molar-refractivity contribution in [2.75, 3.05) is 13.2 Å². The second-order valence-electron chi connectivity index (χ2n) is 14.4. The molecule has 10 heteroatoms. The first-order valence-electron chi connectivity index (χ1n) is 20.8. The van der Waals surface area contributed by atoms with Gasteiger partial charge in [-0.05, 0) is 38.0 Å². The molecule has 0 aromatic heterocycles. The van der Waals surface area contributed by atoms with Crippen LogP contribution in [-0.2, 0) is 28.2 Å². The van der Waals surface area contributed by atoms with Crippen LogP contribution in [0.4, 0.5) is 0 Å². The first-order valence-corrected chi connectivity index (χ1v) is 22.3. The number of aliphatic hydroxyl groups is 1. The topological polar surface area (TPSA) is 140 Å². The molecule has 0 bridgehead atoms. The Morgan fingerprint density at radius 2 is 1.13 bits per heavy atom. The normalized spacial score (nSPS) is 14.0. The Labute approximate surface area is 317 Å². The molecule has 0 saturated carbocycles. The minimum Gasteiger partial charge on any atom is -0.462 e. The molecule has 0 heterocycles. The van der Waals surface area contributed by atoms with E-state index in [-0.39, 0.29) is 19.4 Å². The molecule has 0 spiro atoms. The van der Waals surface area contributed by atoms with Crippen molar-refractivity contribution in [1.82, 2.24) is 0 Å². The van der Waals surface area contributed by atoms with E-state index in [0.717, 1.165) is 63.7 Å². The maximum atomic E-state index is 12.4. The zero-order valence-corrected chi connectivity index (χ0v) is 34.1. The summed E-state index contributed by atoms with van der Waals surface area (Å²) in [5, 5.41) is 10.1. The number of aliphatic hydroxyl groups excluding tert-OH is 1. The van der Waals surface area contributed by atoms with Crippen molar-refractivity contribution in [3.05, 3.63) is 36.5 Å². The van der Waals surface area contributed by atoms with E-state index in [1.54, 1.807) is 6.08 Å². The maximum absolute atomic E-state index is 12.4. The van der Waals surface area contributed by atoms with Gasteiger partial charge >= 0.3 is 19.8 Å². The molecule has 0 aliphatic carbocycles. The number of phosphoric acid groups is 1. The molecule has 304 valence electrons. The number of rotatable bonds is 37. The monoisotopic (exact) mass is 757 g/mol. The number of carbonyl (C=O) groups is 2. The fraction of sp³-hybridized carbons (Fsp3) is 0.810. The third kappa shape index (κ3) is 38.0. The molecule has 0 radical (unpaired) electrons. The summed E-state index contributed by atoms with van der Waals surface area (Å²) in [6, 6.07) is 0. The van der Waals surface area contributed by atoms with E-state index >= 15 is 0 Å². The second kappa shape index (κ2) is 36.2. The molecule has 3 atom stereocenters. The van der Waals surface area contributed by atoms with Crippen LogP contribution >= 0.6 is 7.82 Å². The van der Waals surface area contributed by atoms with Gasteiger partial charge in [-0.1, -0.05) is 179 Å². The Balaban J connectivity index is 3.99. The number of hydrogen-bond acceptors (Lipinski definition) is 7. The van der Waals surface area contributed by atoms with Gasteiger partial charge in [-0.2, -0.15) is 0 Å². The van der Waals surface area contributed by atoms with E-state index < -0.39 is 38.6 Å². The van der Waals surface area contributed by atoms with Gasteiger partial charge in [-0.3, -0.25) is 14.1 Å². The first kappa shape index (κ1) is 50.2. The van der Waals surface area contributed by atoms with E-state index in [1.807, 2.05) is 18.2 Å². The van der Waals surface area contributed by atoms with Crippen LogP contribution in [0, 0.1) is 5.92 Å². The first-order chi connectivity index (χ1) is 25.1. The molecule has 2 unspecified atom stereocenters. The molecule has 0 rings (SSSR count). The van der Waals surface area contributed by atoms with Gasteiger partial charge < -0.3 is 24.4 Å². The average Bonchev–Trinajstić information content (AvgIpc) is 3.11. The minimum atomic E-state index is -4.77. The highest BCUT2D eigenvalue weighted by molar-refractivity contribution is 7.46. The van der Waals surface area contributed by atoms with Gasteiger partial charge in [-0.15, -0.1) is 0 Å². The summed E-state index contributed by atoms with van der Waals surface area (Å²) in [5.41, 5.74) is 0. The smallest absolute Gasteiger partial charge is 0.462 e. The molecule has 3 N–H and O–H groups in total. The Bertz CT molecular complexity index is 975. The summed E-state index contributed by atoms with van der Waals surface area (Å²) in [5.74, 6) is -0.0819. The number of hydrogen-bond donors (Lipinski definition) is 3. The van der Waals surface area contributed by atoms with Crippen molar-refractivity contribution in [3.8, 4) is 0 Å². The van der Waals surface area contributed by atoms with Crippen molar-refractivity contribution < 1.29 is 43.0 Å². The highest BCUT2D eigenvalue weighted by Crippen LogP contribution is 2.36. The highest BCUT2D eigenvalue weighted by Gasteiger charge is 2.23. The van der Waals surface area contributed by atoms with Crippen LogP contribution in [0.15, 0.2) is 36.5 Å². The van der Waals surface area contributed by atoms with Crippen molar-refractivity contribution in [3.63, 3.8) is 0 Å². The lowest BCUT2D eigenvalue weighted by Gasteiger charge is -2.18. The van der Waals surface area contributed by atoms with Gasteiger partial charge in [-0.25, -0.2) is 4.57 Å². The summed E-state index contributed by atoms with van der Waals surface area (Å²) in [6.07, 6.45) is 37.4. The second-order valence-corrected chi connectivity index (χ2v) is 15.6. The van der Waals surface area contributed by atoms with Crippen LogP contribution in [0.25, 0.3) is 0 Å².